The predicted octanol–water partition coefficient (Wildman–Crippen LogP) is 4.21. The maximum absolute atomic E-state index is 5.78. The number of allylic oxidation sites excluding steroid dienone is 4. The van der Waals surface area contributed by atoms with Gasteiger partial charge < -0.3 is 4.74 Å². The summed E-state index contributed by atoms with van der Waals surface area (Å²) in [7, 11) is 0. The Morgan fingerprint density at radius 2 is 2.00 bits per heavy atom. The molecule has 1 heterocycles. The van der Waals surface area contributed by atoms with E-state index in [-0.39, 0.29) is 0 Å². The fraction of sp³-hybridized carbons (Fsp3) is 0.250. The number of hydrogen-bond donors (Lipinski definition) is 0. The lowest BCUT2D eigenvalue weighted by atomic mass is 9.98. The molecule has 88 valence electrons. The Morgan fingerprint density at radius 1 is 1.24 bits per heavy atom. The van der Waals surface area contributed by atoms with Crippen molar-refractivity contribution in [3.63, 3.8) is 0 Å². The van der Waals surface area contributed by atoms with Crippen molar-refractivity contribution in [2.24, 2.45) is 0 Å². The number of hydrogen-bond acceptors (Lipinski definition) is 1. The van der Waals surface area contributed by atoms with E-state index in [4.69, 9.17) is 4.74 Å². The zero-order chi connectivity index (χ0) is 12.3. The Hall–Kier alpha value is -1.76. The Kier molecular flexibility index (Phi) is 3.48. The molecule has 1 aromatic rings. The first-order valence-electron chi connectivity index (χ1n) is 5.96. The molecule has 0 radical (unpaired) electrons. The van der Waals surface area contributed by atoms with Gasteiger partial charge in [-0.15, -0.1) is 0 Å². The molecule has 0 saturated heterocycles. The fourth-order valence-corrected chi connectivity index (χ4v) is 1.96. The van der Waals surface area contributed by atoms with Crippen LogP contribution in [-0.4, -0.2) is 6.61 Å². The van der Waals surface area contributed by atoms with Crippen LogP contribution in [0.3, 0.4) is 0 Å². The van der Waals surface area contributed by atoms with Crippen molar-refractivity contribution < 1.29 is 4.74 Å². The van der Waals surface area contributed by atoms with Crippen LogP contribution in [-0.2, 0) is 0 Å². The molecular formula is C16H18O. The summed E-state index contributed by atoms with van der Waals surface area (Å²) in [4.78, 5) is 0. The molecule has 2 rings (SSSR count). The van der Waals surface area contributed by atoms with Crippen molar-refractivity contribution in [2.45, 2.75) is 20.3 Å². The Morgan fingerprint density at radius 3 is 2.76 bits per heavy atom. The number of ether oxygens (including phenoxy) is 1. The Labute approximate surface area is 103 Å². The number of aryl methyl sites for hydroxylation is 2. The maximum Gasteiger partial charge on any atom is 0.127 e. The van der Waals surface area contributed by atoms with E-state index in [0.29, 0.717) is 0 Å². The average molecular weight is 226 g/mol. The van der Waals surface area contributed by atoms with Gasteiger partial charge in [0.25, 0.3) is 0 Å². The van der Waals surface area contributed by atoms with Crippen molar-refractivity contribution in [3.05, 3.63) is 59.7 Å². The standard InChI is InChI=1S/C16H18O/c1-4-5-7-14-8-6-9-17-16-11-13(3)12(2)10-15(14)16/h4-5,7-8,10-11H,1,6,9H2,2-3H3/b7-5-. The molecule has 0 aliphatic carbocycles. The van der Waals surface area contributed by atoms with Gasteiger partial charge in [-0.3, -0.25) is 0 Å². The lowest BCUT2D eigenvalue weighted by Gasteiger charge is -2.11. The topological polar surface area (TPSA) is 9.23 Å². The second-order valence-corrected chi connectivity index (χ2v) is 4.32. The molecule has 0 amide bonds. The van der Waals surface area contributed by atoms with Gasteiger partial charge in [-0.05, 0) is 42.7 Å². The highest BCUT2D eigenvalue weighted by atomic mass is 16.5. The summed E-state index contributed by atoms with van der Waals surface area (Å²) >= 11 is 0. The van der Waals surface area contributed by atoms with Crippen LogP contribution in [0.2, 0.25) is 0 Å². The minimum Gasteiger partial charge on any atom is -0.493 e. The van der Waals surface area contributed by atoms with E-state index in [1.165, 1.54) is 22.3 Å². The van der Waals surface area contributed by atoms with Gasteiger partial charge in [-0.25, -0.2) is 0 Å². The van der Waals surface area contributed by atoms with Crippen LogP contribution in [0.4, 0.5) is 0 Å². The Bertz CT molecular complexity index is 492. The number of fused-ring (bicyclic) bond motifs is 1. The van der Waals surface area contributed by atoms with Crippen molar-refractivity contribution in [1.82, 2.24) is 0 Å². The van der Waals surface area contributed by atoms with Gasteiger partial charge in [0.1, 0.15) is 5.75 Å². The van der Waals surface area contributed by atoms with Crippen molar-refractivity contribution >= 4 is 5.57 Å². The minimum atomic E-state index is 0.751. The van der Waals surface area contributed by atoms with E-state index in [2.05, 4.69) is 44.7 Å². The van der Waals surface area contributed by atoms with E-state index in [1.54, 1.807) is 6.08 Å². The molecule has 1 aliphatic rings. The molecule has 1 nitrogen and oxygen atoms in total. The summed E-state index contributed by atoms with van der Waals surface area (Å²) in [6, 6.07) is 4.33. The molecule has 0 atom stereocenters. The third-order valence-electron chi connectivity index (χ3n) is 3.06. The van der Waals surface area contributed by atoms with Crippen molar-refractivity contribution in [3.8, 4) is 5.75 Å². The monoisotopic (exact) mass is 226 g/mol. The van der Waals surface area contributed by atoms with Crippen LogP contribution in [0.25, 0.3) is 5.57 Å². The highest BCUT2D eigenvalue weighted by Crippen LogP contribution is 2.32. The van der Waals surface area contributed by atoms with E-state index in [9.17, 15) is 0 Å². The second-order valence-electron chi connectivity index (χ2n) is 4.32. The van der Waals surface area contributed by atoms with Crippen molar-refractivity contribution in [1.29, 1.82) is 0 Å². The molecular weight excluding hydrogens is 208 g/mol. The van der Waals surface area contributed by atoms with E-state index >= 15 is 0 Å². The highest BCUT2D eigenvalue weighted by Gasteiger charge is 2.12. The van der Waals surface area contributed by atoms with Gasteiger partial charge in [-0.2, -0.15) is 0 Å². The number of benzene rings is 1. The molecule has 0 N–H and O–H groups in total. The quantitative estimate of drug-likeness (QED) is 0.686. The third kappa shape index (κ3) is 2.50. The SMILES string of the molecule is C=C/C=C\C1=CCCOc2cc(C)c(C)cc21. The summed E-state index contributed by atoms with van der Waals surface area (Å²) in [5.74, 6) is 0.991. The second kappa shape index (κ2) is 5.05. The summed E-state index contributed by atoms with van der Waals surface area (Å²) in [6.07, 6.45) is 9.03. The molecule has 17 heavy (non-hydrogen) atoms. The summed E-state index contributed by atoms with van der Waals surface area (Å²) < 4.78 is 5.78. The van der Waals surface area contributed by atoms with Crippen LogP contribution in [0.5, 0.6) is 5.75 Å². The molecule has 0 saturated carbocycles. The van der Waals surface area contributed by atoms with Crippen LogP contribution >= 0.6 is 0 Å². The molecule has 0 fully saturated rings. The highest BCUT2D eigenvalue weighted by molar-refractivity contribution is 5.79. The van der Waals surface area contributed by atoms with Gasteiger partial charge in [0.05, 0.1) is 6.61 Å². The zero-order valence-electron chi connectivity index (χ0n) is 10.5. The maximum atomic E-state index is 5.78. The van der Waals surface area contributed by atoms with Crippen LogP contribution in [0.1, 0.15) is 23.1 Å². The van der Waals surface area contributed by atoms with Gasteiger partial charge in [0, 0.05) is 12.0 Å². The molecule has 0 spiro atoms. The zero-order valence-corrected chi connectivity index (χ0v) is 10.5. The lowest BCUT2D eigenvalue weighted by molar-refractivity contribution is 0.326. The minimum absolute atomic E-state index is 0.751. The first kappa shape index (κ1) is 11.7. The molecule has 1 aliphatic heterocycles. The fourth-order valence-electron chi connectivity index (χ4n) is 1.96. The third-order valence-corrected chi connectivity index (χ3v) is 3.06. The van der Waals surface area contributed by atoms with Gasteiger partial charge in [0.2, 0.25) is 0 Å². The molecule has 0 aromatic heterocycles. The summed E-state index contributed by atoms with van der Waals surface area (Å²) in [5.41, 5.74) is 4.98. The van der Waals surface area contributed by atoms with E-state index in [1.807, 2.05) is 6.08 Å². The molecule has 0 bridgehead atoms. The summed E-state index contributed by atoms with van der Waals surface area (Å²) in [5, 5.41) is 0. The van der Waals surface area contributed by atoms with Crippen LogP contribution < -0.4 is 4.74 Å². The van der Waals surface area contributed by atoms with Gasteiger partial charge >= 0.3 is 0 Å². The van der Waals surface area contributed by atoms with Gasteiger partial charge in [0.15, 0.2) is 0 Å². The van der Waals surface area contributed by atoms with Crippen LogP contribution in [0.15, 0.2) is 43.0 Å². The number of rotatable bonds is 2. The smallest absolute Gasteiger partial charge is 0.127 e. The molecule has 1 aromatic carbocycles. The van der Waals surface area contributed by atoms with E-state index in [0.717, 1.165) is 18.8 Å². The lowest BCUT2D eigenvalue weighted by Crippen LogP contribution is -1.96. The molecule has 1 heteroatoms. The average Bonchev–Trinajstić information content (AvgIpc) is 2.50. The normalized spacial score (nSPS) is 14.8. The van der Waals surface area contributed by atoms with Crippen molar-refractivity contribution in [2.75, 3.05) is 6.61 Å². The summed E-state index contributed by atoms with van der Waals surface area (Å²) in [6.45, 7) is 8.71. The predicted molar refractivity (Wildman–Crippen MR) is 73.3 cm³/mol. The van der Waals surface area contributed by atoms with E-state index < -0.39 is 0 Å². The first-order valence-corrected chi connectivity index (χ1v) is 5.96. The molecule has 0 unspecified atom stereocenters. The van der Waals surface area contributed by atoms with Crippen LogP contribution in [0, 0.1) is 13.8 Å². The Balaban J connectivity index is 2.52. The largest absolute Gasteiger partial charge is 0.493 e. The van der Waals surface area contributed by atoms with Gasteiger partial charge in [-0.1, -0.05) is 30.9 Å². The first-order chi connectivity index (χ1) is 8.22.